The fraction of sp³-hybridized carbons (Fsp3) is 0.409. The zero-order chi connectivity index (χ0) is 21.4. The number of Topliss-reactive ketones (excluding diaryl/α,β-unsaturated/α-hetero) is 1. The molecule has 0 aliphatic carbocycles. The topological polar surface area (TPSA) is 47.6 Å². The molecule has 0 spiro atoms. The quantitative estimate of drug-likeness (QED) is 0.425. The summed E-state index contributed by atoms with van der Waals surface area (Å²) in [6.07, 6.45) is 2.76. The van der Waals surface area contributed by atoms with Crippen molar-refractivity contribution in [3.8, 4) is 11.5 Å². The summed E-state index contributed by atoms with van der Waals surface area (Å²) in [5, 5.41) is 1.01. The summed E-state index contributed by atoms with van der Waals surface area (Å²) in [7, 11) is 0. The molecule has 158 valence electrons. The summed E-state index contributed by atoms with van der Waals surface area (Å²) in [6.45, 7) is 7.14. The lowest BCUT2D eigenvalue weighted by Crippen LogP contribution is -2.22. The first-order valence-electron chi connectivity index (χ1n) is 9.42. The molecule has 0 saturated heterocycles. The minimum absolute atomic E-state index is 0.00146. The van der Waals surface area contributed by atoms with Crippen molar-refractivity contribution in [3.63, 3.8) is 0 Å². The minimum atomic E-state index is -0.326. The zero-order valence-electron chi connectivity index (χ0n) is 17.2. The van der Waals surface area contributed by atoms with Gasteiger partial charge in [-0.05, 0) is 48.1 Å². The molecule has 2 aromatic rings. The van der Waals surface area contributed by atoms with Crippen LogP contribution >= 0.6 is 35.1 Å². The third-order valence-corrected chi connectivity index (χ3v) is 5.55. The van der Waals surface area contributed by atoms with Crippen molar-refractivity contribution in [1.29, 1.82) is 0 Å². The van der Waals surface area contributed by atoms with E-state index < -0.39 is 0 Å². The molecule has 0 heterocycles. The third kappa shape index (κ3) is 6.54. The van der Waals surface area contributed by atoms with Gasteiger partial charge in [0.25, 0.3) is 0 Å². The van der Waals surface area contributed by atoms with Crippen molar-refractivity contribution < 1.29 is 14.3 Å². The Kier molecular flexibility index (Phi) is 9.15. The molecule has 0 aliphatic heterocycles. The minimum Gasteiger partial charge on any atom is -0.490 e. The van der Waals surface area contributed by atoms with E-state index in [9.17, 15) is 4.79 Å². The van der Waals surface area contributed by atoms with Crippen LogP contribution in [0.2, 0.25) is 10.0 Å². The molecule has 0 radical (unpaired) electrons. The molecule has 0 saturated carbocycles. The molecule has 0 amide bonds. The van der Waals surface area contributed by atoms with Gasteiger partial charge in [-0.2, -0.15) is 0 Å². The van der Waals surface area contributed by atoms with E-state index in [1.165, 1.54) is 11.9 Å². The average molecular weight is 456 g/mol. The maximum Gasteiger partial charge on any atom is 0.184 e. The van der Waals surface area contributed by atoms with E-state index in [0.29, 0.717) is 28.2 Å². The lowest BCUT2D eigenvalue weighted by Gasteiger charge is -2.27. The number of hydrogen-bond acceptors (Lipinski definition) is 5. The number of hydrogen-bond donors (Lipinski definition) is 1. The number of nitrogens with one attached hydrogen (secondary N) is 1. The standard InChI is InChI=1S/C22H27Cl2NO3S/c1-5-10-27-21-19(23)11-16(12-20(21)24)22(2,3)15-6-8-18(9-7-15)28-14-17(26)13-25-29-4/h6-9,11-12,25H,5,10,13-14H2,1-4H3. The van der Waals surface area contributed by atoms with Gasteiger partial charge in [-0.25, -0.2) is 0 Å². The fourth-order valence-electron chi connectivity index (χ4n) is 2.76. The number of carbonyl (C=O) groups is 1. The van der Waals surface area contributed by atoms with Gasteiger partial charge >= 0.3 is 0 Å². The van der Waals surface area contributed by atoms with Gasteiger partial charge in [-0.15, -0.1) is 0 Å². The van der Waals surface area contributed by atoms with Crippen LogP contribution in [0.3, 0.4) is 0 Å². The molecule has 2 rings (SSSR count). The lowest BCUT2D eigenvalue weighted by molar-refractivity contribution is -0.119. The Morgan fingerprint density at radius 2 is 1.69 bits per heavy atom. The number of ether oxygens (including phenoxy) is 2. The van der Waals surface area contributed by atoms with Crippen LogP contribution in [0, 0.1) is 0 Å². The molecular formula is C22H27Cl2NO3S. The second-order valence-electron chi connectivity index (χ2n) is 7.12. The van der Waals surface area contributed by atoms with Crippen LogP contribution in [0.1, 0.15) is 38.3 Å². The molecule has 2 aromatic carbocycles. The molecular weight excluding hydrogens is 429 g/mol. The van der Waals surface area contributed by atoms with E-state index in [4.69, 9.17) is 32.7 Å². The Morgan fingerprint density at radius 1 is 1.07 bits per heavy atom. The molecule has 4 nitrogen and oxygen atoms in total. The maximum absolute atomic E-state index is 11.7. The van der Waals surface area contributed by atoms with Gasteiger partial charge < -0.3 is 9.47 Å². The molecule has 0 atom stereocenters. The Labute approximate surface area is 187 Å². The molecule has 0 bridgehead atoms. The maximum atomic E-state index is 11.7. The molecule has 29 heavy (non-hydrogen) atoms. The molecule has 0 unspecified atom stereocenters. The Morgan fingerprint density at radius 3 is 2.24 bits per heavy atom. The van der Waals surface area contributed by atoms with Gasteiger partial charge in [0.1, 0.15) is 12.4 Å². The van der Waals surface area contributed by atoms with Gasteiger partial charge in [0, 0.05) is 5.41 Å². The van der Waals surface area contributed by atoms with E-state index in [-0.39, 0.29) is 24.3 Å². The lowest BCUT2D eigenvalue weighted by atomic mass is 9.78. The fourth-order valence-corrected chi connectivity index (χ4v) is 3.67. The van der Waals surface area contributed by atoms with Gasteiger partial charge in [-0.3, -0.25) is 9.52 Å². The van der Waals surface area contributed by atoms with Gasteiger partial charge in [-0.1, -0.05) is 68.1 Å². The SMILES string of the molecule is CCCOc1c(Cl)cc(C(C)(C)c2ccc(OCC(=O)CNSC)cc2)cc1Cl. The van der Waals surface area contributed by atoms with Crippen LogP contribution in [-0.4, -0.2) is 31.8 Å². The largest absolute Gasteiger partial charge is 0.490 e. The third-order valence-electron chi connectivity index (χ3n) is 4.56. The van der Waals surface area contributed by atoms with E-state index >= 15 is 0 Å². The molecule has 1 N–H and O–H groups in total. The van der Waals surface area contributed by atoms with Crippen LogP contribution in [0.5, 0.6) is 11.5 Å². The molecule has 0 fully saturated rings. The predicted molar refractivity (Wildman–Crippen MR) is 123 cm³/mol. The number of carbonyl (C=O) groups excluding carboxylic acids is 1. The van der Waals surface area contributed by atoms with E-state index in [1.807, 2.05) is 49.6 Å². The molecule has 0 aromatic heterocycles. The summed E-state index contributed by atoms with van der Waals surface area (Å²) in [4.78, 5) is 11.7. The van der Waals surface area contributed by atoms with Crippen LogP contribution in [0.25, 0.3) is 0 Å². The highest BCUT2D eigenvalue weighted by Crippen LogP contribution is 2.40. The van der Waals surface area contributed by atoms with Crippen molar-refractivity contribution in [1.82, 2.24) is 4.72 Å². The monoisotopic (exact) mass is 455 g/mol. The summed E-state index contributed by atoms with van der Waals surface area (Å²) in [5.41, 5.74) is 1.74. The van der Waals surface area contributed by atoms with Gasteiger partial charge in [0.15, 0.2) is 11.5 Å². The number of ketones is 1. The van der Waals surface area contributed by atoms with Gasteiger partial charge in [0.2, 0.25) is 0 Å². The van der Waals surface area contributed by atoms with Crippen LogP contribution in [0.4, 0.5) is 0 Å². The molecule has 0 aliphatic rings. The Hall–Kier alpha value is -1.40. The van der Waals surface area contributed by atoms with Crippen molar-refractivity contribution >= 4 is 40.9 Å². The number of halogens is 2. The summed E-state index contributed by atoms with van der Waals surface area (Å²) < 4.78 is 14.1. The first-order chi connectivity index (χ1) is 13.8. The zero-order valence-corrected chi connectivity index (χ0v) is 19.5. The average Bonchev–Trinajstić information content (AvgIpc) is 2.70. The summed E-state index contributed by atoms with van der Waals surface area (Å²) in [6, 6.07) is 11.5. The first kappa shape index (κ1) is 23.9. The Bertz CT molecular complexity index is 802. The highest BCUT2D eigenvalue weighted by Gasteiger charge is 2.25. The van der Waals surface area contributed by atoms with E-state index in [0.717, 1.165) is 17.5 Å². The van der Waals surface area contributed by atoms with Crippen LogP contribution < -0.4 is 14.2 Å². The van der Waals surface area contributed by atoms with E-state index in [1.54, 1.807) is 0 Å². The predicted octanol–water partition coefficient (Wildman–Crippen LogP) is 5.92. The number of benzene rings is 2. The second kappa shape index (κ2) is 11.1. The number of rotatable bonds is 11. The van der Waals surface area contributed by atoms with Crippen molar-refractivity contribution in [2.75, 3.05) is 26.0 Å². The second-order valence-corrected chi connectivity index (χ2v) is 8.63. The Balaban J connectivity index is 2.13. The van der Waals surface area contributed by atoms with Crippen molar-refractivity contribution in [2.24, 2.45) is 0 Å². The normalized spacial score (nSPS) is 11.4. The van der Waals surface area contributed by atoms with Crippen molar-refractivity contribution in [2.45, 2.75) is 32.6 Å². The van der Waals surface area contributed by atoms with Crippen molar-refractivity contribution in [3.05, 3.63) is 57.6 Å². The highest BCUT2D eigenvalue weighted by atomic mass is 35.5. The summed E-state index contributed by atoms with van der Waals surface area (Å²) >= 11 is 14.3. The van der Waals surface area contributed by atoms with Gasteiger partial charge in [0.05, 0.1) is 23.2 Å². The first-order valence-corrected chi connectivity index (χ1v) is 11.4. The highest BCUT2D eigenvalue weighted by molar-refractivity contribution is 7.96. The van der Waals surface area contributed by atoms with Crippen LogP contribution in [-0.2, 0) is 10.2 Å². The smallest absolute Gasteiger partial charge is 0.184 e. The van der Waals surface area contributed by atoms with E-state index in [2.05, 4.69) is 18.6 Å². The summed E-state index contributed by atoms with van der Waals surface area (Å²) in [5.74, 6) is 1.18. The van der Waals surface area contributed by atoms with Crippen LogP contribution in [0.15, 0.2) is 36.4 Å². The molecule has 7 heteroatoms.